The van der Waals surface area contributed by atoms with Gasteiger partial charge in [0.05, 0.1) is 11.4 Å². The Morgan fingerprint density at radius 3 is 2.89 bits per heavy atom. The van der Waals surface area contributed by atoms with Gasteiger partial charge in [0, 0.05) is 25.0 Å². The lowest BCUT2D eigenvalue weighted by atomic mass is 10.00. The molecule has 1 atom stereocenters. The number of piperidine rings is 1. The maximum absolute atomic E-state index is 5.94. The van der Waals surface area contributed by atoms with Crippen molar-refractivity contribution < 1.29 is 0 Å². The number of hydrogen-bond acceptors (Lipinski definition) is 2. The summed E-state index contributed by atoms with van der Waals surface area (Å²) in [6.07, 6.45) is 6.10. The van der Waals surface area contributed by atoms with Crippen LogP contribution in [0.2, 0.25) is 0 Å². The van der Waals surface area contributed by atoms with Gasteiger partial charge in [-0.1, -0.05) is 13.3 Å². The minimum Gasteiger partial charge on any atom is -0.295 e. The maximum atomic E-state index is 5.94. The largest absolute Gasteiger partial charge is 0.295 e. The van der Waals surface area contributed by atoms with Crippen molar-refractivity contribution in [2.45, 2.75) is 65.1 Å². The zero-order valence-electron chi connectivity index (χ0n) is 12.2. The zero-order valence-corrected chi connectivity index (χ0v) is 13.0. The summed E-state index contributed by atoms with van der Waals surface area (Å²) >= 11 is 5.94. The van der Waals surface area contributed by atoms with E-state index in [4.69, 9.17) is 11.6 Å². The highest BCUT2D eigenvalue weighted by atomic mass is 35.5. The first kappa shape index (κ1) is 14.9. The number of likely N-dealkylation sites (tertiary alicyclic amines) is 1. The van der Waals surface area contributed by atoms with Gasteiger partial charge in [-0.05, 0) is 45.2 Å². The van der Waals surface area contributed by atoms with E-state index in [1.165, 1.54) is 37.2 Å². The summed E-state index contributed by atoms with van der Waals surface area (Å²) in [6.45, 7) is 7.54. The Labute approximate surface area is 121 Å². The molecule has 1 fully saturated rings. The molecule has 0 aromatic carbocycles. The molecule has 3 nitrogen and oxygen atoms in total. The molecule has 1 aromatic rings. The SMILES string of the molecule is CCc1cc(CN2CCCCC2CCCl)n(CC)n1. The van der Waals surface area contributed by atoms with E-state index in [0.29, 0.717) is 6.04 Å². The van der Waals surface area contributed by atoms with E-state index in [2.05, 4.69) is 34.6 Å². The van der Waals surface area contributed by atoms with Crippen LogP contribution in [0.3, 0.4) is 0 Å². The minimum atomic E-state index is 0.663. The molecule has 2 rings (SSSR count). The summed E-state index contributed by atoms with van der Waals surface area (Å²) in [5.41, 5.74) is 2.57. The molecule has 19 heavy (non-hydrogen) atoms. The second-order valence-electron chi connectivity index (χ2n) is 5.39. The molecular weight excluding hydrogens is 258 g/mol. The van der Waals surface area contributed by atoms with Crippen molar-refractivity contribution >= 4 is 11.6 Å². The highest BCUT2D eigenvalue weighted by Crippen LogP contribution is 2.22. The van der Waals surface area contributed by atoms with Crippen LogP contribution in [0.15, 0.2) is 6.07 Å². The predicted octanol–water partition coefficient (Wildman–Crippen LogP) is 3.45. The standard InChI is InChI=1S/C15H26ClN3/c1-3-13-11-15(19(4-2)17-13)12-18-10-6-5-7-14(18)8-9-16/h11,14H,3-10,12H2,1-2H3. The summed E-state index contributed by atoms with van der Waals surface area (Å²) in [5.74, 6) is 0.772. The number of aromatic nitrogens is 2. The molecule has 0 amide bonds. The molecule has 1 saturated heterocycles. The van der Waals surface area contributed by atoms with Crippen molar-refractivity contribution in [1.29, 1.82) is 0 Å². The van der Waals surface area contributed by atoms with E-state index in [1.807, 2.05) is 0 Å². The Balaban J connectivity index is 2.07. The molecule has 1 aliphatic rings. The Kier molecular flexibility index (Phi) is 5.71. The third-order valence-electron chi connectivity index (χ3n) is 4.13. The van der Waals surface area contributed by atoms with Crippen LogP contribution < -0.4 is 0 Å². The minimum absolute atomic E-state index is 0.663. The molecule has 2 heterocycles. The number of hydrogen-bond donors (Lipinski definition) is 0. The lowest BCUT2D eigenvalue weighted by Crippen LogP contribution is -2.39. The van der Waals surface area contributed by atoms with Crippen molar-refractivity contribution in [3.8, 4) is 0 Å². The van der Waals surface area contributed by atoms with Gasteiger partial charge in [-0.15, -0.1) is 11.6 Å². The van der Waals surface area contributed by atoms with Crippen LogP contribution in [0.5, 0.6) is 0 Å². The van der Waals surface area contributed by atoms with Crippen molar-refractivity contribution in [1.82, 2.24) is 14.7 Å². The van der Waals surface area contributed by atoms with Gasteiger partial charge in [-0.3, -0.25) is 9.58 Å². The van der Waals surface area contributed by atoms with E-state index in [1.54, 1.807) is 0 Å². The van der Waals surface area contributed by atoms with E-state index >= 15 is 0 Å². The van der Waals surface area contributed by atoms with Gasteiger partial charge >= 0.3 is 0 Å². The smallest absolute Gasteiger partial charge is 0.0625 e. The third kappa shape index (κ3) is 3.73. The van der Waals surface area contributed by atoms with Crippen LogP contribution in [0.4, 0.5) is 0 Å². The number of halogens is 1. The first-order valence-corrected chi connectivity index (χ1v) is 8.17. The molecule has 1 aromatic heterocycles. The van der Waals surface area contributed by atoms with Gasteiger partial charge in [-0.2, -0.15) is 5.10 Å². The van der Waals surface area contributed by atoms with Crippen LogP contribution in [-0.2, 0) is 19.5 Å². The molecule has 0 spiro atoms. The summed E-state index contributed by atoms with van der Waals surface area (Å²) in [7, 11) is 0. The van der Waals surface area contributed by atoms with Crippen LogP contribution in [0, 0.1) is 0 Å². The number of rotatable bonds is 6. The van der Waals surface area contributed by atoms with Crippen LogP contribution in [0.1, 0.15) is 50.9 Å². The molecule has 0 saturated carbocycles. The van der Waals surface area contributed by atoms with E-state index < -0.39 is 0 Å². The van der Waals surface area contributed by atoms with Gasteiger partial charge in [0.1, 0.15) is 0 Å². The molecule has 0 N–H and O–H groups in total. The second-order valence-corrected chi connectivity index (χ2v) is 5.77. The summed E-state index contributed by atoms with van der Waals surface area (Å²) in [5, 5.41) is 4.65. The molecule has 0 aliphatic carbocycles. The van der Waals surface area contributed by atoms with E-state index in [0.717, 1.165) is 31.8 Å². The molecule has 1 aliphatic heterocycles. The molecule has 108 valence electrons. The fourth-order valence-electron chi connectivity index (χ4n) is 3.02. The van der Waals surface area contributed by atoms with Crippen LogP contribution >= 0.6 is 11.6 Å². The Morgan fingerprint density at radius 2 is 2.21 bits per heavy atom. The fraction of sp³-hybridized carbons (Fsp3) is 0.800. The quantitative estimate of drug-likeness (QED) is 0.746. The number of alkyl halides is 1. The Hall–Kier alpha value is -0.540. The van der Waals surface area contributed by atoms with E-state index in [-0.39, 0.29) is 0 Å². The summed E-state index contributed by atoms with van der Waals surface area (Å²) in [4.78, 5) is 2.61. The molecular formula is C15H26ClN3. The van der Waals surface area contributed by atoms with Gasteiger partial charge < -0.3 is 0 Å². The van der Waals surface area contributed by atoms with Crippen molar-refractivity contribution in [2.24, 2.45) is 0 Å². The number of nitrogens with zero attached hydrogens (tertiary/aromatic N) is 3. The van der Waals surface area contributed by atoms with Gasteiger partial charge in [0.2, 0.25) is 0 Å². The lowest BCUT2D eigenvalue weighted by molar-refractivity contribution is 0.133. The Morgan fingerprint density at radius 1 is 1.37 bits per heavy atom. The van der Waals surface area contributed by atoms with Crippen molar-refractivity contribution in [3.63, 3.8) is 0 Å². The van der Waals surface area contributed by atoms with Gasteiger partial charge in [0.25, 0.3) is 0 Å². The average Bonchev–Trinajstić information content (AvgIpc) is 2.83. The topological polar surface area (TPSA) is 21.1 Å². The lowest BCUT2D eigenvalue weighted by Gasteiger charge is -2.35. The van der Waals surface area contributed by atoms with E-state index in [9.17, 15) is 0 Å². The Bertz CT molecular complexity index is 387. The normalized spacial score (nSPS) is 20.9. The fourth-order valence-corrected chi connectivity index (χ4v) is 3.27. The highest BCUT2D eigenvalue weighted by molar-refractivity contribution is 6.17. The number of aryl methyl sites for hydroxylation is 2. The van der Waals surface area contributed by atoms with Crippen molar-refractivity contribution in [3.05, 3.63) is 17.5 Å². The average molecular weight is 284 g/mol. The maximum Gasteiger partial charge on any atom is 0.0625 e. The first-order chi connectivity index (χ1) is 9.28. The molecule has 0 bridgehead atoms. The monoisotopic (exact) mass is 283 g/mol. The third-order valence-corrected chi connectivity index (χ3v) is 4.35. The first-order valence-electron chi connectivity index (χ1n) is 7.64. The molecule has 0 radical (unpaired) electrons. The van der Waals surface area contributed by atoms with Gasteiger partial charge in [-0.25, -0.2) is 0 Å². The molecule has 1 unspecified atom stereocenters. The predicted molar refractivity (Wildman–Crippen MR) is 80.7 cm³/mol. The summed E-state index contributed by atoms with van der Waals surface area (Å²) in [6, 6.07) is 2.94. The van der Waals surface area contributed by atoms with Crippen LogP contribution in [-0.4, -0.2) is 33.1 Å². The zero-order chi connectivity index (χ0) is 13.7. The van der Waals surface area contributed by atoms with Gasteiger partial charge in [0.15, 0.2) is 0 Å². The van der Waals surface area contributed by atoms with Crippen LogP contribution in [0.25, 0.3) is 0 Å². The summed E-state index contributed by atoms with van der Waals surface area (Å²) < 4.78 is 2.16. The molecule has 4 heteroatoms. The highest BCUT2D eigenvalue weighted by Gasteiger charge is 2.23. The second kappa shape index (κ2) is 7.30. The van der Waals surface area contributed by atoms with Crippen molar-refractivity contribution in [2.75, 3.05) is 12.4 Å².